The van der Waals surface area contributed by atoms with E-state index in [0.29, 0.717) is 11.4 Å². The van der Waals surface area contributed by atoms with Gasteiger partial charge in [0.05, 0.1) is 11.0 Å². The fraction of sp³-hybridized carbons (Fsp3) is 0.375. The van der Waals surface area contributed by atoms with Gasteiger partial charge in [-0.05, 0) is 55.1 Å². The lowest BCUT2D eigenvalue weighted by Crippen LogP contribution is -2.47. The van der Waals surface area contributed by atoms with E-state index in [9.17, 15) is 18.0 Å². The van der Waals surface area contributed by atoms with Crippen LogP contribution in [0.15, 0.2) is 66.7 Å². The normalized spacial score (nSPS) is 16.3. The number of rotatable bonds is 8. The molecular weight excluding hydrogens is 579 g/mol. The van der Waals surface area contributed by atoms with Crippen LogP contribution in [0.2, 0.25) is 5.02 Å². The second-order valence-electron chi connectivity index (χ2n) is 11.2. The Labute approximate surface area is 253 Å². The summed E-state index contributed by atoms with van der Waals surface area (Å²) in [4.78, 5) is 22.3. The molecule has 11 heteroatoms. The molecule has 2 heterocycles. The van der Waals surface area contributed by atoms with Crippen molar-refractivity contribution in [3.8, 4) is 11.1 Å². The van der Waals surface area contributed by atoms with Crippen molar-refractivity contribution in [2.45, 2.75) is 31.0 Å². The van der Waals surface area contributed by atoms with Crippen molar-refractivity contribution in [3.63, 3.8) is 0 Å². The van der Waals surface area contributed by atoms with Crippen LogP contribution in [0.25, 0.3) is 22.2 Å². The third-order valence-electron chi connectivity index (χ3n) is 8.44. The van der Waals surface area contributed by atoms with Crippen molar-refractivity contribution < 1.29 is 22.7 Å². The number of alkyl carbamates (subject to hydrolysis) is 1. The number of anilines is 1. The van der Waals surface area contributed by atoms with Crippen molar-refractivity contribution in [2.24, 2.45) is 7.05 Å². The number of carbonyl (C=O) groups excluding carboxylic acids is 1. The van der Waals surface area contributed by atoms with Crippen LogP contribution in [-0.4, -0.2) is 66.0 Å². The summed E-state index contributed by atoms with van der Waals surface area (Å²) >= 11 is 6.16. The van der Waals surface area contributed by atoms with Crippen LogP contribution in [-0.2, 0) is 17.4 Å². The van der Waals surface area contributed by atoms with Crippen LogP contribution >= 0.6 is 11.6 Å². The molecule has 2 aliphatic rings. The van der Waals surface area contributed by atoms with E-state index in [4.69, 9.17) is 21.3 Å². The van der Waals surface area contributed by atoms with E-state index in [2.05, 4.69) is 14.4 Å². The zero-order chi connectivity index (χ0) is 30.2. The molecule has 4 aromatic rings. The highest BCUT2D eigenvalue weighted by Gasteiger charge is 2.46. The van der Waals surface area contributed by atoms with Gasteiger partial charge >= 0.3 is 12.3 Å². The van der Waals surface area contributed by atoms with Crippen molar-refractivity contribution in [2.75, 3.05) is 44.2 Å². The average molecular weight is 612 g/mol. The number of piperazine rings is 1. The Morgan fingerprint density at radius 1 is 0.977 bits per heavy atom. The number of aryl methyl sites for hydroxylation is 1. The Hall–Kier alpha value is -3.76. The summed E-state index contributed by atoms with van der Waals surface area (Å²) in [5.41, 5.74) is 4.23. The van der Waals surface area contributed by atoms with Crippen molar-refractivity contribution in [1.82, 2.24) is 19.8 Å². The van der Waals surface area contributed by atoms with Crippen LogP contribution in [0.3, 0.4) is 0 Å². The molecule has 0 radical (unpaired) electrons. The number of alkyl halides is 3. The van der Waals surface area contributed by atoms with E-state index in [-0.39, 0.29) is 0 Å². The number of hydrogen-bond acceptors (Lipinski definition) is 5. The minimum Gasteiger partial charge on any atom is -0.433 e. The molecule has 1 aliphatic carbocycles. The zero-order valence-electron chi connectivity index (χ0n) is 23.8. The molecule has 0 saturated carbocycles. The van der Waals surface area contributed by atoms with Crippen LogP contribution in [0, 0.1) is 0 Å². The second kappa shape index (κ2) is 11.7. The first-order chi connectivity index (χ1) is 20.6. The number of aromatic nitrogens is 2. The number of imidazole rings is 1. The molecule has 1 N–H and O–H groups in total. The van der Waals surface area contributed by atoms with Crippen LogP contribution in [0.5, 0.6) is 0 Å². The van der Waals surface area contributed by atoms with Gasteiger partial charge in [0.1, 0.15) is 6.54 Å². The van der Waals surface area contributed by atoms with E-state index < -0.39 is 24.4 Å². The first-order valence-corrected chi connectivity index (χ1v) is 14.8. The fourth-order valence-electron chi connectivity index (χ4n) is 6.41. The van der Waals surface area contributed by atoms with Gasteiger partial charge in [-0.15, -0.1) is 0 Å². The molecule has 0 bridgehead atoms. The van der Waals surface area contributed by atoms with Gasteiger partial charge in [-0.2, -0.15) is 13.2 Å². The molecule has 7 nitrogen and oxygen atoms in total. The summed E-state index contributed by atoms with van der Waals surface area (Å²) in [6, 6.07) is 21.1. The van der Waals surface area contributed by atoms with E-state index >= 15 is 0 Å². The molecule has 1 aliphatic heterocycles. The number of unbranched alkanes of at least 4 members (excludes halogenated alkanes) is 1. The standard InChI is InChI=1S/C32H33ClF3N5O2/c1-39-28-13-12-22(33)20-27(28)38-29(39)41-18-16-40(17-19-41)15-7-6-14-31(43-30(42)37-21-32(34,35)36)25-10-4-2-8-23(25)24-9-3-5-11-26(24)31/h2-5,8-13,20H,6-7,14-19,21H2,1H3,(H,37,42). The monoisotopic (exact) mass is 611 g/mol. The molecule has 1 amide bonds. The SMILES string of the molecule is Cn1c(N2CCN(CCCCC3(OC(=O)NCC(F)(F)F)c4ccccc4-c4ccccc43)CC2)nc2cc(Cl)ccc21. The molecule has 6 rings (SSSR count). The zero-order valence-corrected chi connectivity index (χ0v) is 24.6. The maximum absolute atomic E-state index is 12.8. The number of benzene rings is 3. The van der Waals surface area contributed by atoms with Gasteiger partial charge in [-0.3, -0.25) is 4.90 Å². The Balaban J connectivity index is 1.11. The summed E-state index contributed by atoms with van der Waals surface area (Å²) < 4.78 is 46.6. The Morgan fingerprint density at radius 3 is 2.28 bits per heavy atom. The largest absolute Gasteiger partial charge is 0.433 e. The van der Waals surface area contributed by atoms with Gasteiger partial charge in [0.2, 0.25) is 5.95 Å². The second-order valence-corrected chi connectivity index (χ2v) is 11.6. The third kappa shape index (κ3) is 5.90. The van der Waals surface area contributed by atoms with E-state index in [1.54, 1.807) is 0 Å². The number of hydrogen-bond donors (Lipinski definition) is 1. The maximum Gasteiger partial charge on any atom is 0.408 e. The highest BCUT2D eigenvalue weighted by molar-refractivity contribution is 6.31. The van der Waals surface area contributed by atoms with Crippen molar-refractivity contribution >= 4 is 34.7 Å². The predicted molar refractivity (Wildman–Crippen MR) is 161 cm³/mol. The lowest BCUT2D eigenvalue weighted by Gasteiger charge is -2.35. The number of nitrogens with one attached hydrogen (secondary N) is 1. The van der Waals surface area contributed by atoms with E-state index in [1.807, 2.05) is 79.1 Å². The summed E-state index contributed by atoms with van der Waals surface area (Å²) in [6.07, 6.45) is -3.57. The molecule has 0 spiro atoms. The summed E-state index contributed by atoms with van der Waals surface area (Å²) in [6.45, 7) is 2.88. The molecule has 0 atom stereocenters. The third-order valence-corrected chi connectivity index (χ3v) is 8.68. The van der Waals surface area contributed by atoms with Gasteiger partial charge in [-0.25, -0.2) is 9.78 Å². The first-order valence-electron chi connectivity index (χ1n) is 14.5. The van der Waals surface area contributed by atoms with Crippen molar-refractivity contribution in [1.29, 1.82) is 0 Å². The molecule has 226 valence electrons. The number of carbonyl (C=O) groups is 1. The van der Waals surface area contributed by atoms with Crippen LogP contribution < -0.4 is 10.2 Å². The van der Waals surface area contributed by atoms with Gasteiger partial charge in [0.25, 0.3) is 0 Å². The molecule has 1 saturated heterocycles. The van der Waals surface area contributed by atoms with Gasteiger partial charge in [0, 0.05) is 49.4 Å². The quantitative estimate of drug-likeness (QED) is 0.224. The topological polar surface area (TPSA) is 62.6 Å². The minimum absolute atomic E-state index is 0.461. The number of fused-ring (bicyclic) bond motifs is 4. The number of amides is 1. The van der Waals surface area contributed by atoms with Gasteiger partial charge < -0.3 is 19.5 Å². The van der Waals surface area contributed by atoms with Crippen LogP contribution in [0.1, 0.15) is 30.4 Å². The Bertz CT molecular complexity index is 1590. The molecule has 1 aromatic heterocycles. The summed E-state index contributed by atoms with van der Waals surface area (Å²) in [5, 5.41) is 2.57. The molecule has 3 aromatic carbocycles. The number of ether oxygens (including phenoxy) is 1. The summed E-state index contributed by atoms with van der Waals surface area (Å²) in [5.74, 6) is 0.929. The highest BCUT2D eigenvalue weighted by atomic mass is 35.5. The lowest BCUT2D eigenvalue weighted by molar-refractivity contribution is -0.124. The smallest absolute Gasteiger partial charge is 0.408 e. The average Bonchev–Trinajstić information content (AvgIpc) is 3.46. The number of nitrogens with zero attached hydrogens (tertiary/aromatic N) is 4. The Morgan fingerprint density at radius 2 is 1.63 bits per heavy atom. The van der Waals surface area contributed by atoms with Crippen molar-refractivity contribution in [3.05, 3.63) is 82.9 Å². The fourth-order valence-corrected chi connectivity index (χ4v) is 6.57. The Kier molecular flexibility index (Phi) is 8.00. The van der Waals surface area contributed by atoms with Gasteiger partial charge in [-0.1, -0.05) is 60.1 Å². The molecule has 1 fully saturated rings. The molecule has 43 heavy (non-hydrogen) atoms. The van der Waals surface area contributed by atoms with Gasteiger partial charge in [0.15, 0.2) is 5.60 Å². The van der Waals surface area contributed by atoms with E-state index in [1.165, 1.54) is 0 Å². The molecule has 0 unspecified atom stereocenters. The first kappa shape index (κ1) is 29.3. The highest BCUT2D eigenvalue weighted by Crippen LogP contribution is 2.52. The molecular formula is C32H33ClF3N5O2. The van der Waals surface area contributed by atoms with Crippen LogP contribution in [0.4, 0.5) is 23.9 Å². The maximum atomic E-state index is 12.8. The van der Waals surface area contributed by atoms with E-state index in [0.717, 1.165) is 84.8 Å². The predicted octanol–water partition coefficient (Wildman–Crippen LogP) is 6.73. The summed E-state index contributed by atoms with van der Waals surface area (Å²) in [7, 11) is 2.02. The lowest BCUT2D eigenvalue weighted by atomic mass is 9.86. The minimum atomic E-state index is -4.53. The number of halogens is 4.